The van der Waals surface area contributed by atoms with Gasteiger partial charge in [-0.05, 0) is 67.3 Å². The Balaban J connectivity index is 1.70. The summed E-state index contributed by atoms with van der Waals surface area (Å²) in [5.74, 6) is 0.207. The Morgan fingerprint density at radius 1 is 1.00 bits per heavy atom. The van der Waals surface area contributed by atoms with Crippen LogP contribution in [0.3, 0.4) is 0 Å². The molecule has 0 bridgehead atoms. The van der Waals surface area contributed by atoms with Gasteiger partial charge in [-0.25, -0.2) is 0 Å². The minimum Gasteiger partial charge on any atom is -0.293 e. The van der Waals surface area contributed by atoms with E-state index < -0.39 is 0 Å². The van der Waals surface area contributed by atoms with Gasteiger partial charge in [0.15, 0.2) is 5.78 Å². The van der Waals surface area contributed by atoms with Gasteiger partial charge in [0.2, 0.25) is 0 Å². The van der Waals surface area contributed by atoms with E-state index in [1.54, 1.807) is 0 Å². The molecule has 1 heterocycles. The van der Waals surface area contributed by atoms with Gasteiger partial charge in [-0.3, -0.25) is 9.78 Å². The minimum absolute atomic E-state index is 0.0468. The predicted octanol–water partition coefficient (Wildman–Crippen LogP) is 3.87. The highest BCUT2D eigenvalue weighted by atomic mass is 16.1. The van der Waals surface area contributed by atoms with Gasteiger partial charge in [0.05, 0.1) is 11.6 Å². The molecule has 4 rings (SSSR count). The number of pyridine rings is 1. The first-order valence-electron chi connectivity index (χ1n) is 7.93. The first-order chi connectivity index (χ1) is 10.3. The summed E-state index contributed by atoms with van der Waals surface area (Å²) in [7, 11) is 0. The van der Waals surface area contributed by atoms with Crippen molar-refractivity contribution in [2.24, 2.45) is 0 Å². The van der Waals surface area contributed by atoms with Gasteiger partial charge >= 0.3 is 0 Å². The second-order valence-electron chi connectivity index (χ2n) is 6.19. The normalized spacial score (nSPS) is 19.9. The molecule has 2 nitrogen and oxygen atoms in total. The van der Waals surface area contributed by atoms with E-state index >= 15 is 0 Å². The van der Waals surface area contributed by atoms with Crippen LogP contribution in [0.1, 0.15) is 57.9 Å². The number of hydrogen-bond donors (Lipinski definition) is 0. The highest BCUT2D eigenvalue weighted by Gasteiger charge is 2.28. The zero-order valence-corrected chi connectivity index (χ0v) is 12.1. The molecule has 0 spiro atoms. The topological polar surface area (TPSA) is 30.0 Å². The van der Waals surface area contributed by atoms with Crippen LogP contribution in [0.25, 0.3) is 0 Å². The molecule has 0 aliphatic heterocycles. The molecule has 0 radical (unpaired) electrons. The van der Waals surface area contributed by atoms with Crippen LogP contribution in [0.15, 0.2) is 36.5 Å². The predicted molar refractivity (Wildman–Crippen MR) is 82.7 cm³/mol. The van der Waals surface area contributed by atoms with Gasteiger partial charge in [0.1, 0.15) is 0 Å². The number of nitrogens with zero attached hydrogens (tertiary/aromatic N) is 1. The molecule has 0 saturated heterocycles. The molecule has 1 unspecified atom stereocenters. The third kappa shape index (κ3) is 2.19. The quantitative estimate of drug-likeness (QED) is 0.780. The number of Topliss-reactive ketones (excluding diaryl/α,β-unsaturated/α-hetero) is 1. The number of aryl methyl sites for hydroxylation is 3. The molecule has 0 amide bonds. The van der Waals surface area contributed by atoms with E-state index in [1.165, 1.54) is 23.1 Å². The van der Waals surface area contributed by atoms with Crippen LogP contribution in [0, 0.1) is 0 Å². The van der Waals surface area contributed by atoms with Gasteiger partial charge in [-0.15, -0.1) is 0 Å². The van der Waals surface area contributed by atoms with Crippen molar-refractivity contribution in [1.29, 1.82) is 0 Å². The van der Waals surface area contributed by atoms with Crippen molar-refractivity contribution in [1.82, 2.24) is 4.98 Å². The van der Waals surface area contributed by atoms with E-state index in [9.17, 15) is 4.79 Å². The fraction of sp³-hybridized carbons (Fsp3) is 0.368. The number of hydrogen-bond acceptors (Lipinski definition) is 2. The van der Waals surface area contributed by atoms with Crippen LogP contribution in [-0.4, -0.2) is 10.8 Å². The van der Waals surface area contributed by atoms with Crippen LogP contribution in [0.4, 0.5) is 0 Å². The molecule has 2 aromatic rings. The number of rotatable bonds is 2. The average Bonchev–Trinajstić information content (AvgIpc) is 3.01. The lowest BCUT2D eigenvalue weighted by molar-refractivity contribution is 0.0949. The lowest BCUT2D eigenvalue weighted by atomic mass is 9.81. The summed E-state index contributed by atoms with van der Waals surface area (Å²) in [6.07, 6.45) is 8.39. The maximum atomic E-state index is 12.9. The molecular weight excluding hydrogens is 258 g/mol. The summed E-state index contributed by atoms with van der Waals surface area (Å²) in [6.45, 7) is 0. The van der Waals surface area contributed by atoms with E-state index in [4.69, 9.17) is 0 Å². The van der Waals surface area contributed by atoms with Crippen molar-refractivity contribution in [3.05, 3.63) is 64.5 Å². The van der Waals surface area contributed by atoms with Crippen molar-refractivity contribution in [2.45, 2.75) is 44.4 Å². The smallest absolute Gasteiger partial charge is 0.171 e. The molecule has 1 atom stereocenters. The van der Waals surface area contributed by atoms with Gasteiger partial charge in [0.25, 0.3) is 0 Å². The van der Waals surface area contributed by atoms with Crippen LogP contribution in [-0.2, 0) is 19.3 Å². The Labute approximate surface area is 125 Å². The summed E-state index contributed by atoms with van der Waals surface area (Å²) in [6, 6.07) is 10.4. The molecule has 0 N–H and O–H groups in total. The second-order valence-corrected chi connectivity index (χ2v) is 6.19. The van der Waals surface area contributed by atoms with Crippen molar-refractivity contribution >= 4 is 5.78 Å². The summed E-state index contributed by atoms with van der Waals surface area (Å²) < 4.78 is 0. The molecular formula is C19H19NO. The molecule has 21 heavy (non-hydrogen) atoms. The molecule has 0 saturated carbocycles. The number of carbonyl (C=O) groups excluding carboxylic acids is 1. The zero-order valence-electron chi connectivity index (χ0n) is 12.1. The fourth-order valence-electron chi connectivity index (χ4n) is 3.79. The monoisotopic (exact) mass is 277 g/mol. The highest BCUT2D eigenvalue weighted by molar-refractivity contribution is 6.01. The first kappa shape index (κ1) is 12.8. The Morgan fingerprint density at radius 2 is 1.86 bits per heavy atom. The van der Waals surface area contributed by atoms with Crippen molar-refractivity contribution in [3.63, 3.8) is 0 Å². The highest BCUT2D eigenvalue weighted by Crippen LogP contribution is 2.33. The fourth-order valence-corrected chi connectivity index (χ4v) is 3.79. The summed E-state index contributed by atoms with van der Waals surface area (Å²) >= 11 is 0. The Hall–Kier alpha value is -1.96. The van der Waals surface area contributed by atoms with Crippen molar-refractivity contribution < 1.29 is 4.79 Å². The van der Waals surface area contributed by atoms with Crippen LogP contribution < -0.4 is 0 Å². The van der Waals surface area contributed by atoms with Crippen molar-refractivity contribution in [2.75, 3.05) is 0 Å². The molecule has 1 aromatic carbocycles. The van der Waals surface area contributed by atoms with Gasteiger partial charge in [0, 0.05) is 11.8 Å². The van der Waals surface area contributed by atoms with E-state index in [1.807, 2.05) is 18.3 Å². The maximum absolute atomic E-state index is 12.9. The molecule has 1 aromatic heterocycles. The largest absolute Gasteiger partial charge is 0.293 e. The van der Waals surface area contributed by atoms with E-state index in [0.717, 1.165) is 43.4 Å². The van der Waals surface area contributed by atoms with E-state index in [-0.39, 0.29) is 11.7 Å². The van der Waals surface area contributed by atoms with Gasteiger partial charge < -0.3 is 0 Å². The van der Waals surface area contributed by atoms with Crippen LogP contribution in [0.5, 0.6) is 0 Å². The standard InChI is InChI=1S/C19H19NO/c21-19(16-10-9-13-4-1-6-15(13)12-16)17-8-2-5-14-7-3-11-20-18(14)17/h3,7,9-12,17H,1-2,4-6,8H2. The lowest BCUT2D eigenvalue weighted by Gasteiger charge is -2.23. The van der Waals surface area contributed by atoms with Crippen LogP contribution in [0.2, 0.25) is 0 Å². The van der Waals surface area contributed by atoms with E-state index in [2.05, 4.69) is 23.2 Å². The Morgan fingerprint density at radius 3 is 2.81 bits per heavy atom. The number of ketones is 1. The first-order valence-corrected chi connectivity index (χ1v) is 7.93. The number of carbonyl (C=O) groups is 1. The van der Waals surface area contributed by atoms with E-state index in [0.29, 0.717) is 0 Å². The van der Waals surface area contributed by atoms with Crippen molar-refractivity contribution in [3.8, 4) is 0 Å². The molecule has 2 heteroatoms. The lowest BCUT2D eigenvalue weighted by Crippen LogP contribution is -2.20. The second kappa shape index (κ2) is 5.10. The number of benzene rings is 1. The summed E-state index contributed by atoms with van der Waals surface area (Å²) in [4.78, 5) is 17.4. The number of aromatic nitrogens is 1. The Kier molecular flexibility index (Phi) is 3.10. The van der Waals surface area contributed by atoms with Gasteiger partial charge in [-0.1, -0.05) is 18.2 Å². The van der Waals surface area contributed by atoms with Crippen LogP contribution >= 0.6 is 0 Å². The molecule has 2 aliphatic carbocycles. The molecule has 106 valence electrons. The summed E-state index contributed by atoms with van der Waals surface area (Å²) in [5.41, 5.74) is 5.93. The minimum atomic E-state index is -0.0468. The third-order valence-corrected chi connectivity index (χ3v) is 4.89. The van der Waals surface area contributed by atoms with Gasteiger partial charge in [-0.2, -0.15) is 0 Å². The Bertz CT molecular complexity index is 704. The third-order valence-electron chi connectivity index (χ3n) is 4.89. The SMILES string of the molecule is O=C(c1ccc2c(c1)CCC2)C1CCCc2cccnc21. The number of fused-ring (bicyclic) bond motifs is 2. The average molecular weight is 277 g/mol. The molecule has 2 aliphatic rings. The summed E-state index contributed by atoms with van der Waals surface area (Å²) in [5, 5.41) is 0. The zero-order chi connectivity index (χ0) is 14.2. The maximum Gasteiger partial charge on any atom is 0.171 e. The molecule has 0 fully saturated rings.